The Balaban J connectivity index is 1.20. The molecule has 2 fully saturated rings. The van der Waals surface area contributed by atoms with E-state index >= 15 is 0 Å². The van der Waals surface area contributed by atoms with Crippen molar-refractivity contribution in [3.63, 3.8) is 0 Å². The molecule has 1 aliphatic heterocycles. The molecular weight excluding hydrogens is 436 g/mol. The maximum absolute atomic E-state index is 13.0. The summed E-state index contributed by atoms with van der Waals surface area (Å²) in [6, 6.07) is 13.5. The number of aromatic amines is 1. The number of H-pyrrole nitrogens is 1. The Labute approximate surface area is 198 Å². The Hall–Kier alpha value is -2.83. The lowest BCUT2D eigenvalue weighted by molar-refractivity contribution is 0.0783. The van der Waals surface area contributed by atoms with Crippen LogP contribution in [0.3, 0.4) is 0 Å². The first kappa shape index (κ1) is 22.0. The molecule has 1 unspecified atom stereocenters. The average molecular weight is 465 g/mol. The highest BCUT2D eigenvalue weighted by Gasteiger charge is 2.44. The quantitative estimate of drug-likeness (QED) is 0.578. The first-order valence-corrected chi connectivity index (χ1v) is 11.8. The van der Waals surface area contributed by atoms with E-state index in [1.807, 2.05) is 23.1 Å². The van der Waals surface area contributed by atoms with Gasteiger partial charge in [-0.2, -0.15) is 0 Å². The Bertz CT molecular complexity index is 1200. The Morgan fingerprint density at radius 2 is 1.88 bits per heavy atom. The molecule has 3 aromatic rings. The van der Waals surface area contributed by atoms with E-state index in [1.54, 1.807) is 18.3 Å². The number of likely N-dealkylation sites (tertiary alicyclic amines) is 1. The Kier molecular flexibility index (Phi) is 5.67. The van der Waals surface area contributed by atoms with Crippen LogP contribution in [0.15, 0.2) is 48.7 Å². The lowest BCUT2D eigenvalue weighted by Gasteiger charge is -2.21. The van der Waals surface area contributed by atoms with E-state index in [9.17, 15) is 9.59 Å². The van der Waals surface area contributed by atoms with Crippen molar-refractivity contribution in [1.29, 1.82) is 0 Å². The van der Waals surface area contributed by atoms with Crippen molar-refractivity contribution in [3.8, 4) is 0 Å². The van der Waals surface area contributed by atoms with Crippen LogP contribution < -0.4 is 5.32 Å². The summed E-state index contributed by atoms with van der Waals surface area (Å²) in [4.78, 5) is 32.9. The number of amides is 2. The fourth-order valence-corrected chi connectivity index (χ4v) is 5.23. The summed E-state index contributed by atoms with van der Waals surface area (Å²) < 4.78 is 0. The number of fused-ring (bicyclic) bond motifs is 1. The van der Waals surface area contributed by atoms with Crippen molar-refractivity contribution in [2.45, 2.75) is 30.7 Å². The monoisotopic (exact) mass is 464 g/mol. The molecule has 1 atom stereocenters. The standard InChI is InChI=1S/C26H29ClN4O2/c1-30(2)16-26(10-11-26)19-6-3-17(4-7-19)25(33)31-12-9-20(15-31)29-24(32)18-5-8-21-22(27)14-28-23(21)13-18/h3-8,13-14,20,28H,9-12,15-16H2,1-2H3,(H,29,32). The number of nitrogens with one attached hydrogen (secondary N) is 2. The molecule has 0 spiro atoms. The molecule has 2 aromatic carbocycles. The maximum Gasteiger partial charge on any atom is 0.253 e. The van der Waals surface area contributed by atoms with E-state index in [1.165, 1.54) is 18.4 Å². The van der Waals surface area contributed by atoms with Gasteiger partial charge < -0.3 is 20.1 Å². The fraction of sp³-hybridized carbons (Fsp3) is 0.385. The summed E-state index contributed by atoms with van der Waals surface area (Å²) in [7, 11) is 4.21. The van der Waals surface area contributed by atoms with Crippen molar-refractivity contribution < 1.29 is 9.59 Å². The number of hydrogen-bond acceptors (Lipinski definition) is 3. The minimum absolute atomic E-state index is 0.0261. The van der Waals surface area contributed by atoms with Gasteiger partial charge in [0.25, 0.3) is 11.8 Å². The SMILES string of the molecule is CN(C)CC1(c2ccc(C(=O)N3CCC(NC(=O)c4ccc5c(Cl)c[nH]c5c4)C3)cc2)CC1. The van der Waals surface area contributed by atoms with Gasteiger partial charge >= 0.3 is 0 Å². The van der Waals surface area contributed by atoms with E-state index in [2.05, 4.69) is 41.4 Å². The molecule has 0 radical (unpaired) electrons. The zero-order valence-corrected chi connectivity index (χ0v) is 19.8. The van der Waals surface area contributed by atoms with Crippen LogP contribution in [-0.2, 0) is 5.41 Å². The lowest BCUT2D eigenvalue weighted by atomic mass is 9.94. The van der Waals surface area contributed by atoms with E-state index in [0.29, 0.717) is 29.2 Å². The zero-order chi connectivity index (χ0) is 23.2. The number of benzene rings is 2. The molecule has 172 valence electrons. The van der Waals surface area contributed by atoms with E-state index in [4.69, 9.17) is 11.6 Å². The van der Waals surface area contributed by atoms with Gasteiger partial charge in [-0.15, -0.1) is 0 Å². The molecule has 5 rings (SSSR count). The van der Waals surface area contributed by atoms with Crippen LogP contribution in [0, 0.1) is 0 Å². The van der Waals surface area contributed by atoms with Gasteiger partial charge in [-0.25, -0.2) is 0 Å². The van der Waals surface area contributed by atoms with Gasteiger partial charge in [0.05, 0.1) is 5.02 Å². The molecule has 2 N–H and O–H groups in total. The van der Waals surface area contributed by atoms with Crippen molar-refractivity contribution in [3.05, 3.63) is 70.4 Å². The number of hydrogen-bond donors (Lipinski definition) is 2. The first-order chi connectivity index (χ1) is 15.8. The first-order valence-electron chi connectivity index (χ1n) is 11.5. The lowest BCUT2D eigenvalue weighted by Crippen LogP contribution is -2.38. The molecule has 2 amide bonds. The van der Waals surface area contributed by atoms with Gasteiger partial charge in [-0.1, -0.05) is 29.8 Å². The van der Waals surface area contributed by atoms with Crippen molar-refractivity contribution in [1.82, 2.24) is 20.1 Å². The summed E-state index contributed by atoms with van der Waals surface area (Å²) in [5.74, 6) is -0.111. The van der Waals surface area contributed by atoms with E-state index in [0.717, 1.165) is 23.9 Å². The molecule has 1 saturated heterocycles. The summed E-state index contributed by atoms with van der Waals surface area (Å²) in [6.07, 6.45) is 4.87. The van der Waals surface area contributed by atoms with Gasteiger partial charge in [-0.3, -0.25) is 9.59 Å². The topological polar surface area (TPSA) is 68.4 Å². The van der Waals surface area contributed by atoms with Crippen molar-refractivity contribution >= 4 is 34.3 Å². The average Bonchev–Trinajstić information content (AvgIpc) is 3.26. The summed E-state index contributed by atoms with van der Waals surface area (Å²) in [5.41, 5.74) is 3.69. The number of halogens is 1. The maximum atomic E-state index is 13.0. The molecule has 0 bridgehead atoms. The number of likely N-dealkylation sites (N-methyl/N-ethyl adjacent to an activating group) is 1. The second kappa shape index (κ2) is 8.50. The predicted molar refractivity (Wildman–Crippen MR) is 131 cm³/mol. The minimum Gasteiger partial charge on any atom is -0.360 e. The molecular formula is C26H29ClN4O2. The third-order valence-corrected chi connectivity index (χ3v) is 7.23. The van der Waals surface area contributed by atoms with Gasteiger partial charge in [0.1, 0.15) is 0 Å². The van der Waals surface area contributed by atoms with Crippen LogP contribution in [0.25, 0.3) is 10.9 Å². The number of aromatic nitrogens is 1. The highest BCUT2D eigenvalue weighted by atomic mass is 35.5. The minimum atomic E-state index is -0.137. The second-order valence-corrected chi connectivity index (χ2v) is 10.1. The normalized spacial score (nSPS) is 19.3. The van der Waals surface area contributed by atoms with E-state index < -0.39 is 0 Å². The van der Waals surface area contributed by atoms with Crippen molar-refractivity contribution in [2.75, 3.05) is 33.7 Å². The molecule has 7 heteroatoms. The Morgan fingerprint density at radius 3 is 2.58 bits per heavy atom. The smallest absolute Gasteiger partial charge is 0.253 e. The summed E-state index contributed by atoms with van der Waals surface area (Å²) in [6.45, 7) is 2.20. The molecule has 1 aliphatic carbocycles. The van der Waals surface area contributed by atoms with Crippen LogP contribution in [0.5, 0.6) is 0 Å². The van der Waals surface area contributed by atoms with Crippen LogP contribution in [0.1, 0.15) is 45.5 Å². The number of nitrogens with zero attached hydrogens (tertiary/aromatic N) is 2. The summed E-state index contributed by atoms with van der Waals surface area (Å²) in [5, 5.41) is 4.61. The van der Waals surface area contributed by atoms with Gasteiger partial charge in [0, 0.05) is 59.3 Å². The van der Waals surface area contributed by atoms with E-state index in [-0.39, 0.29) is 23.3 Å². The van der Waals surface area contributed by atoms with Crippen LogP contribution in [0.4, 0.5) is 0 Å². The predicted octanol–water partition coefficient (Wildman–Crippen LogP) is 4.06. The van der Waals surface area contributed by atoms with Gasteiger partial charge in [-0.05, 0) is 63.2 Å². The third kappa shape index (κ3) is 4.37. The molecule has 33 heavy (non-hydrogen) atoms. The molecule has 2 heterocycles. The fourth-order valence-electron chi connectivity index (χ4n) is 5.01. The molecule has 2 aliphatic rings. The molecule has 1 aromatic heterocycles. The largest absolute Gasteiger partial charge is 0.360 e. The number of rotatable bonds is 6. The van der Waals surface area contributed by atoms with Crippen LogP contribution in [0.2, 0.25) is 5.02 Å². The zero-order valence-electron chi connectivity index (χ0n) is 19.0. The third-order valence-electron chi connectivity index (χ3n) is 6.92. The second-order valence-electron chi connectivity index (χ2n) is 9.70. The summed E-state index contributed by atoms with van der Waals surface area (Å²) >= 11 is 6.12. The highest BCUT2D eigenvalue weighted by molar-refractivity contribution is 6.35. The molecule has 6 nitrogen and oxygen atoms in total. The highest BCUT2D eigenvalue weighted by Crippen LogP contribution is 2.48. The van der Waals surface area contributed by atoms with Crippen molar-refractivity contribution in [2.24, 2.45) is 0 Å². The van der Waals surface area contributed by atoms with Crippen LogP contribution in [-0.4, -0.2) is 66.4 Å². The molecule has 1 saturated carbocycles. The Morgan fingerprint density at radius 1 is 1.15 bits per heavy atom. The van der Waals surface area contributed by atoms with Gasteiger partial charge in [0.15, 0.2) is 0 Å². The number of carbonyl (C=O) groups excluding carboxylic acids is 2. The number of carbonyl (C=O) groups is 2. The van der Waals surface area contributed by atoms with Gasteiger partial charge in [0.2, 0.25) is 0 Å². The van der Waals surface area contributed by atoms with Crippen LogP contribution >= 0.6 is 11.6 Å².